The molecular weight excluding hydrogens is 1770 g/mol. The summed E-state index contributed by atoms with van der Waals surface area (Å²) in [7, 11) is 24.6. The molecule has 0 saturated carbocycles. The Balaban J connectivity index is 0.000000514. The number of aryl methyl sites for hydroxylation is 3. The molecule has 6 aromatic rings. The van der Waals surface area contributed by atoms with Crippen LogP contribution < -0.4 is 5.32 Å². The fourth-order valence-electron chi connectivity index (χ4n) is 18.1. The maximum absolute atomic E-state index is 12.2. The first-order valence-corrected chi connectivity index (χ1v) is 53.6. The molecule has 8 unspecified atom stereocenters. The SMILES string of the molecule is CC(C)(C)c1ccc(C(F)(F)F)cc1.CC(C)(C)c1cccc2conc12.CC(C)COC1CCCN(C)C1.CCC1CCN(C)C1.CCC1CN(C)CC1C.CN1CCC(C)(C)C1.CNCC1CCN(C)C1.COCC1CCN(C)C1.COCCOC1CCCN(C)C1.COCCOC1CCCN(C)C1.Cc1cc(C(C)(C)C)ccc1Cl.Cc1cccc(C(C)(C)C)c1.Cc1cccc(C(C)(C)C)c1. The first-order chi connectivity index (χ1) is 65.4. The van der Waals surface area contributed by atoms with Crippen molar-refractivity contribution >= 4 is 22.5 Å². The Hall–Kier alpha value is -4.95. The molecule has 8 aliphatic rings. The minimum Gasteiger partial charge on any atom is -0.384 e. The van der Waals surface area contributed by atoms with Crippen molar-refractivity contribution in [2.45, 2.75) is 302 Å². The number of likely N-dealkylation sites (N-methyl/N-ethyl adjacent to an activating group) is 3. The molecule has 806 valence electrons. The predicted molar refractivity (Wildman–Crippen MR) is 595 cm³/mol. The highest BCUT2D eigenvalue weighted by molar-refractivity contribution is 6.31. The van der Waals surface area contributed by atoms with Gasteiger partial charge in [0.1, 0.15) is 11.8 Å². The van der Waals surface area contributed by atoms with Gasteiger partial charge in [-0.15, -0.1) is 0 Å². The maximum atomic E-state index is 12.2. The number of ether oxygens (including phenoxy) is 6. The van der Waals surface area contributed by atoms with E-state index in [1.165, 1.54) is 214 Å². The molecule has 0 bridgehead atoms. The Labute approximate surface area is 862 Å². The standard InChI is InChI=1S/C11H15Cl.C11H13F3.C11H13NO.2C11H16.C10H21NO.2C9H19NO2.C8H17N.C7H16N2.C7H15NO.2C7H15N/c1-8-7-9(11(2,3)4)5-6-10(8)12;1-10(2,3)8-4-6-9(7-5-8)11(12,13)14;1-11(2,3)9-6-4-5-8-7-13-12-10(8)9;2*1-9-6-5-7-10(8-9)11(2,3)4;1-9(2)8-12-10-5-4-6-11(3)7-10;2*1-10-5-3-4-9(8-10)12-7-6-11-2;1-4-8-6-9(3)5-7(8)2;1-8-5-7-3-4-9(2)6-7;1-8-4-3-7(5-8)6-9-2;1-7(2)4-5-8(3)6-7;1-3-7-4-5-8(2)6-7/h5-7H,1-4H3;4-7H,1-3H3;4-7H,1-3H3;2*5-8H,1-4H3;9-10H,4-8H2,1-3H3;2*9H,3-8H2,1-2H3;7-8H,4-6H2,1-3H3;7-8H,3-6H2,1-2H3;7H,3-6H2,1-2H3;4-6H2,1-3H3;7H,3-6H2,1-2H3. The molecule has 140 heavy (non-hydrogen) atoms. The molecule has 0 amide bonds. The summed E-state index contributed by atoms with van der Waals surface area (Å²) < 4.78 is 73.5. The summed E-state index contributed by atoms with van der Waals surface area (Å²) in [5, 5.41) is 9.14. The molecule has 0 spiro atoms. The Morgan fingerprint density at radius 3 is 1.19 bits per heavy atom. The summed E-state index contributed by atoms with van der Waals surface area (Å²) in [6.07, 6.45) is 14.4. The van der Waals surface area contributed by atoms with E-state index < -0.39 is 11.7 Å². The molecule has 9 heterocycles. The molecule has 1 N–H and O–H groups in total. The number of likely N-dealkylation sites (tertiary alicyclic amines) is 8. The number of piperidine rings is 3. The van der Waals surface area contributed by atoms with Gasteiger partial charge in [-0.25, -0.2) is 0 Å². The van der Waals surface area contributed by atoms with Gasteiger partial charge in [-0.3, -0.25) is 0 Å². The van der Waals surface area contributed by atoms with Crippen LogP contribution in [0.3, 0.4) is 0 Å². The Morgan fingerprint density at radius 2 is 0.871 bits per heavy atom. The number of hydrogen-bond donors (Lipinski definition) is 1. The number of fused-ring (bicyclic) bond motifs is 1. The molecule has 0 aliphatic carbocycles. The third-order valence-electron chi connectivity index (χ3n) is 27.0. The minimum atomic E-state index is -4.24. The van der Waals surface area contributed by atoms with Gasteiger partial charge < -0.3 is 77.5 Å². The molecule has 0 radical (unpaired) electrons. The molecule has 8 saturated heterocycles. The van der Waals surface area contributed by atoms with E-state index in [9.17, 15) is 13.2 Å². The molecule has 17 nitrogen and oxygen atoms in total. The van der Waals surface area contributed by atoms with Crippen LogP contribution in [-0.4, -0.2) is 298 Å². The lowest BCUT2D eigenvalue weighted by Gasteiger charge is -2.30. The normalized spacial score (nSPS) is 21.6. The second kappa shape index (κ2) is 67.8. The summed E-state index contributed by atoms with van der Waals surface area (Å²) in [6.45, 7) is 80.5. The molecule has 14 rings (SSSR count). The monoisotopic (exact) mass is 1980 g/mol. The quantitative estimate of drug-likeness (QED) is 0.0872. The van der Waals surface area contributed by atoms with E-state index in [1.807, 2.05) is 52.9 Å². The first-order valence-electron chi connectivity index (χ1n) is 53.2. The van der Waals surface area contributed by atoms with Crippen LogP contribution in [0.2, 0.25) is 5.02 Å². The van der Waals surface area contributed by atoms with Crippen LogP contribution in [0.1, 0.15) is 279 Å². The largest absolute Gasteiger partial charge is 0.416 e. The van der Waals surface area contributed by atoms with E-state index in [0.717, 1.165) is 115 Å². The second-order valence-corrected chi connectivity index (χ2v) is 48.2. The summed E-state index contributed by atoms with van der Waals surface area (Å²) >= 11 is 5.93. The smallest absolute Gasteiger partial charge is 0.384 e. The molecule has 8 aliphatic heterocycles. The number of nitrogens with zero attached hydrogens (tertiary/aromatic N) is 9. The number of halogens is 4. The summed E-state index contributed by atoms with van der Waals surface area (Å²) in [5.74, 6) is 5.26. The lowest BCUT2D eigenvalue weighted by Crippen LogP contribution is -2.37. The van der Waals surface area contributed by atoms with Gasteiger partial charge in [-0.1, -0.05) is 278 Å². The Morgan fingerprint density at radius 1 is 0.450 bits per heavy atom. The van der Waals surface area contributed by atoms with Crippen LogP contribution in [0, 0.1) is 61.7 Å². The number of aromatic nitrogens is 1. The lowest BCUT2D eigenvalue weighted by molar-refractivity contribution is -0.137. The molecule has 8 fully saturated rings. The first kappa shape index (κ1) is 131. The van der Waals surface area contributed by atoms with Gasteiger partial charge in [0.2, 0.25) is 0 Å². The van der Waals surface area contributed by atoms with E-state index >= 15 is 0 Å². The number of alkyl halides is 3. The Bertz CT molecular complexity index is 3990. The van der Waals surface area contributed by atoms with Crippen molar-refractivity contribution in [2.24, 2.45) is 40.9 Å². The van der Waals surface area contributed by atoms with Crippen LogP contribution in [0.25, 0.3) is 10.9 Å². The van der Waals surface area contributed by atoms with Crippen molar-refractivity contribution in [2.75, 3.05) is 236 Å². The van der Waals surface area contributed by atoms with Crippen molar-refractivity contribution in [1.29, 1.82) is 0 Å². The van der Waals surface area contributed by atoms with Crippen molar-refractivity contribution in [3.63, 3.8) is 0 Å². The van der Waals surface area contributed by atoms with E-state index in [1.54, 1.807) is 27.6 Å². The molecule has 1 aromatic heterocycles. The third-order valence-corrected chi connectivity index (χ3v) is 27.5. The predicted octanol–water partition coefficient (Wildman–Crippen LogP) is 25.9. The van der Waals surface area contributed by atoms with E-state index in [-0.39, 0.29) is 27.1 Å². The van der Waals surface area contributed by atoms with Crippen LogP contribution in [-0.2, 0) is 61.7 Å². The minimum absolute atomic E-state index is 0.107. The van der Waals surface area contributed by atoms with Gasteiger partial charge in [0, 0.05) is 97.2 Å². The van der Waals surface area contributed by atoms with Gasteiger partial charge in [0.25, 0.3) is 0 Å². The highest BCUT2D eigenvalue weighted by Crippen LogP contribution is 2.34. The number of benzene rings is 5. The van der Waals surface area contributed by atoms with Crippen LogP contribution in [0.15, 0.2) is 120 Å². The van der Waals surface area contributed by atoms with Gasteiger partial charge in [0.05, 0.1) is 56.9 Å². The second-order valence-electron chi connectivity index (χ2n) is 47.8. The lowest BCUT2D eigenvalue weighted by atomic mass is 9.86. The average molecular weight is 1990 g/mol. The summed E-state index contributed by atoms with van der Waals surface area (Å²) in [5.41, 5.74) is 11.9. The van der Waals surface area contributed by atoms with Crippen LogP contribution >= 0.6 is 11.6 Å². The molecule has 21 heteroatoms. The zero-order valence-electron chi connectivity index (χ0n) is 96.3. The van der Waals surface area contributed by atoms with Gasteiger partial charge >= 0.3 is 6.18 Å². The average Bonchev–Trinajstić information content (AvgIpc) is 1.72. The summed E-state index contributed by atoms with van der Waals surface area (Å²) in [6, 6.07) is 35.1. The van der Waals surface area contributed by atoms with Gasteiger partial charge in [-0.2, -0.15) is 13.2 Å². The highest BCUT2D eigenvalue weighted by Gasteiger charge is 2.32. The number of nitrogens with one attached hydrogen (secondary N) is 1. The van der Waals surface area contributed by atoms with Crippen LogP contribution in [0.5, 0.6) is 0 Å². The topological polar surface area (TPSA) is 119 Å². The zero-order valence-corrected chi connectivity index (χ0v) is 97.1. The molecule has 8 atom stereocenters. The fourth-order valence-corrected chi connectivity index (χ4v) is 18.2. The van der Waals surface area contributed by atoms with E-state index in [0.29, 0.717) is 42.9 Å². The third kappa shape index (κ3) is 58.6. The van der Waals surface area contributed by atoms with E-state index in [2.05, 4.69) is 318 Å². The van der Waals surface area contributed by atoms with Crippen molar-refractivity contribution in [3.05, 3.63) is 171 Å². The van der Waals surface area contributed by atoms with Crippen molar-refractivity contribution < 1.29 is 46.1 Å². The number of rotatable bonds is 17. The summed E-state index contributed by atoms with van der Waals surface area (Å²) in [4.78, 5) is 19.0. The Kier molecular flexibility index (Phi) is 63.5. The molecular formula is C119H210ClF3N10O7. The fraction of sp³-hybridized carbons (Fsp3) is 0.739. The van der Waals surface area contributed by atoms with Gasteiger partial charge in [0.15, 0.2) is 0 Å². The maximum Gasteiger partial charge on any atom is 0.416 e. The van der Waals surface area contributed by atoms with Crippen LogP contribution in [0.4, 0.5) is 13.2 Å². The highest BCUT2D eigenvalue weighted by atomic mass is 35.5. The number of hydrogen-bond acceptors (Lipinski definition) is 17. The van der Waals surface area contributed by atoms with Crippen molar-refractivity contribution in [3.8, 4) is 0 Å². The van der Waals surface area contributed by atoms with E-state index in [4.69, 9.17) is 44.5 Å². The van der Waals surface area contributed by atoms with Gasteiger partial charge in [-0.05, 0) is 326 Å². The molecule has 5 aromatic carbocycles. The number of methoxy groups -OCH3 is 3. The zero-order chi connectivity index (χ0) is 106. The van der Waals surface area contributed by atoms with Crippen molar-refractivity contribution in [1.82, 2.24) is 49.7 Å².